The average Bonchev–Trinajstić information content (AvgIpc) is 2.89. The number of unbranched alkanes of at least 4 members (excludes halogenated alkanes) is 1. The van der Waals surface area contributed by atoms with Gasteiger partial charge in [0.1, 0.15) is 5.75 Å². The van der Waals surface area contributed by atoms with Crippen molar-refractivity contribution in [3.63, 3.8) is 0 Å². The number of hydrogen-bond donors (Lipinski definition) is 0. The zero-order chi connectivity index (χ0) is 22.7. The lowest BCUT2D eigenvalue weighted by molar-refractivity contribution is 0.309. The Morgan fingerprint density at radius 2 is 1.09 bits per heavy atom. The van der Waals surface area contributed by atoms with E-state index < -0.39 is 0 Å². The second kappa shape index (κ2) is 11.9. The molecule has 0 amide bonds. The summed E-state index contributed by atoms with van der Waals surface area (Å²) in [5, 5.41) is 17.3. The molecule has 6 nitrogen and oxygen atoms in total. The summed E-state index contributed by atoms with van der Waals surface area (Å²) < 4.78 is 5.67. The van der Waals surface area contributed by atoms with Crippen molar-refractivity contribution in [1.82, 2.24) is 0 Å². The van der Waals surface area contributed by atoms with Crippen molar-refractivity contribution in [3.8, 4) is 5.75 Å². The van der Waals surface area contributed by atoms with Crippen LogP contribution >= 0.6 is 0 Å². The monoisotopic (exact) mass is 441 g/mol. The van der Waals surface area contributed by atoms with Gasteiger partial charge in [0.15, 0.2) is 0 Å². The van der Waals surface area contributed by atoms with Crippen LogP contribution in [-0.2, 0) is 0 Å². The van der Waals surface area contributed by atoms with E-state index in [4.69, 9.17) is 4.74 Å². The van der Waals surface area contributed by atoms with E-state index in [0.717, 1.165) is 61.0 Å². The molecule has 1 aliphatic rings. The number of azo groups is 2. The van der Waals surface area contributed by atoms with Gasteiger partial charge < -0.3 is 9.64 Å². The van der Waals surface area contributed by atoms with Gasteiger partial charge in [0.05, 0.1) is 29.4 Å². The normalized spacial score (nSPS) is 14.3. The molecule has 4 rings (SSSR count). The van der Waals surface area contributed by atoms with Crippen LogP contribution in [0.3, 0.4) is 0 Å². The van der Waals surface area contributed by atoms with E-state index in [-0.39, 0.29) is 0 Å². The van der Waals surface area contributed by atoms with Crippen molar-refractivity contribution >= 4 is 28.4 Å². The molecule has 1 heterocycles. The average molecular weight is 442 g/mol. The first kappa shape index (κ1) is 22.6. The van der Waals surface area contributed by atoms with Gasteiger partial charge in [-0.15, -0.1) is 0 Å². The van der Waals surface area contributed by atoms with Crippen LogP contribution in [0, 0.1) is 0 Å². The van der Waals surface area contributed by atoms with Crippen LogP contribution in [0.2, 0.25) is 0 Å². The fourth-order valence-electron chi connectivity index (χ4n) is 3.64. The summed E-state index contributed by atoms with van der Waals surface area (Å²) in [5.41, 5.74) is 4.45. The smallest absolute Gasteiger partial charge is 0.119 e. The van der Waals surface area contributed by atoms with Gasteiger partial charge in [-0.1, -0.05) is 13.3 Å². The van der Waals surface area contributed by atoms with Gasteiger partial charge in [0, 0.05) is 18.8 Å². The number of piperidine rings is 1. The standard InChI is InChI=1S/C27H31N5O/c1-2-3-21-33-27-17-13-25(14-18-27)31-29-23-9-7-22(8-10-23)28-30-24-11-15-26(16-12-24)32-19-5-4-6-20-32/h7-18H,2-6,19-21H2,1H3/b30-28+,31-29+. The molecule has 6 heteroatoms. The third kappa shape index (κ3) is 6.97. The van der Waals surface area contributed by atoms with E-state index in [1.54, 1.807) is 0 Å². The Morgan fingerprint density at radius 3 is 1.58 bits per heavy atom. The van der Waals surface area contributed by atoms with Crippen LogP contribution in [0.25, 0.3) is 0 Å². The summed E-state index contributed by atoms with van der Waals surface area (Å²) >= 11 is 0. The van der Waals surface area contributed by atoms with Gasteiger partial charge in [-0.3, -0.25) is 0 Å². The Balaban J connectivity index is 1.30. The molecule has 1 saturated heterocycles. The number of nitrogens with zero attached hydrogens (tertiary/aromatic N) is 5. The van der Waals surface area contributed by atoms with Crippen molar-refractivity contribution in [2.24, 2.45) is 20.5 Å². The second-order valence-corrected chi connectivity index (χ2v) is 8.18. The molecule has 0 unspecified atom stereocenters. The van der Waals surface area contributed by atoms with Gasteiger partial charge >= 0.3 is 0 Å². The Labute approximate surface area is 196 Å². The topological polar surface area (TPSA) is 61.9 Å². The molecule has 3 aromatic rings. The minimum Gasteiger partial charge on any atom is -0.494 e. The van der Waals surface area contributed by atoms with Crippen molar-refractivity contribution in [2.75, 3.05) is 24.6 Å². The van der Waals surface area contributed by atoms with Crippen molar-refractivity contribution < 1.29 is 4.74 Å². The van der Waals surface area contributed by atoms with Crippen LogP contribution in [0.4, 0.5) is 28.4 Å². The molecule has 33 heavy (non-hydrogen) atoms. The molecule has 0 N–H and O–H groups in total. The quantitative estimate of drug-likeness (QED) is 0.246. The molecule has 0 bridgehead atoms. The van der Waals surface area contributed by atoms with Gasteiger partial charge in [-0.25, -0.2) is 0 Å². The number of ether oxygens (including phenoxy) is 1. The van der Waals surface area contributed by atoms with Gasteiger partial charge in [-0.05, 0) is 98.5 Å². The lowest BCUT2D eigenvalue weighted by Crippen LogP contribution is -2.29. The number of rotatable bonds is 9. The Morgan fingerprint density at radius 1 is 0.636 bits per heavy atom. The minimum atomic E-state index is 0.741. The maximum absolute atomic E-state index is 5.67. The van der Waals surface area contributed by atoms with Crippen LogP contribution in [-0.4, -0.2) is 19.7 Å². The van der Waals surface area contributed by atoms with Gasteiger partial charge in [0.2, 0.25) is 0 Å². The highest BCUT2D eigenvalue weighted by Gasteiger charge is 2.10. The fraction of sp³-hybridized carbons (Fsp3) is 0.333. The maximum Gasteiger partial charge on any atom is 0.119 e. The maximum atomic E-state index is 5.67. The van der Waals surface area contributed by atoms with E-state index in [2.05, 4.69) is 44.4 Å². The minimum absolute atomic E-state index is 0.741. The third-order valence-electron chi connectivity index (χ3n) is 5.59. The van der Waals surface area contributed by atoms with Crippen LogP contribution < -0.4 is 9.64 Å². The summed E-state index contributed by atoms with van der Waals surface area (Å²) in [6, 6.07) is 23.5. The van der Waals surface area contributed by atoms with E-state index >= 15 is 0 Å². The Kier molecular flexibility index (Phi) is 8.17. The summed E-state index contributed by atoms with van der Waals surface area (Å²) in [6.07, 6.45) is 6.07. The Bertz CT molecular complexity index is 1040. The molecule has 0 radical (unpaired) electrons. The number of anilines is 1. The molecule has 0 atom stereocenters. The SMILES string of the molecule is CCCCOc1ccc(/N=N/c2ccc(/N=N/c3ccc(N4CCCCC4)cc3)cc2)cc1. The molecule has 0 saturated carbocycles. The summed E-state index contributed by atoms with van der Waals surface area (Å²) in [5.74, 6) is 0.859. The van der Waals surface area contributed by atoms with E-state index in [1.165, 1.54) is 24.9 Å². The molecular weight excluding hydrogens is 410 g/mol. The largest absolute Gasteiger partial charge is 0.494 e. The molecule has 0 spiro atoms. The molecule has 0 aliphatic carbocycles. The summed E-state index contributed by atoms with van der Waals surface area (Å²) in [6.45, 7) is 5.17. The molecule has 1 fully saturated rings. The molecule has 0 aromatic heterocycles. The van der Waals surface area contributed by atoms with E-state index in [9.17, 15) is 0 Å². The molecular formula is C27H31N5O. The zero-order valence-electron chi connectivity index (χ0n) is 19.2. The number of hydrogen-bond acceptors (Lipinski definition) is 6. The number of benzene rings is 3. The third-order valence-corrected chi connectivity index (χ3v) is 5.59. The Hall–Kier alpha value is -3.54. The van der Waals surface area contributed by atoms with Crippen LogP contribution in [0.1, 0.15) is 39.0 Å². The zero-order valence-corrected chi connectivity index (χ0v) is 19.2. The van der Waals surface area contributed by atoms with E-state index in [1.807, 2.05) is 60.7 Å². The second-order valence-electron chi connectivity index (χ2n) is 8.18. The highest BCUT2D eigenvalue weighted by molar-refractivity contribution is 5.53. The summed E-state index contributed by atoms with van der Waals surface area (Å²) in [7, 11) is 0. The first-order chi connectivity index (χ1) is 16.3. The highest BCUT2D eigenvalue weighted by atomic mass is 16.5. The van der Waals surface area contributed by atoms with Crippen LogP contribution in [0.15, 0.2) is 93.3 Å². The van der Waals surface area contributed by atoms with Crippen molar-refractivity contribution in [1.29, 1.82) is 0 Å². The van der Waals surface area contributed by atoms with Crippen LogP contribution in [0.5, 0.6) is 5.75 Å². The van der Waals surface area contributed by atoms with Crippen molar-refractivity contribution in [2.45, 2.75) is 39.0 Å². The predicted octanol–water partition coefficient (Wildman–Crippen LogP) is 8.69. The first-order valence-electron chi connectivity index (χ1n) is 11.8. The highest BCUT2D eigenvalue weighted by Crippen LogP contribution is 2.26. The fourth-order valence-corrected chi connectivity index (χ4v) is 3.64. The first-order valence-corrected chi connectivity index (χ1v) is 11.8. The van der Waals surface area contributed by atoms with Crippen molar-refractivity contribution in [3.05, 3.63) is 72.8 Å². The lowest BCUT2D eigenvalue weighted by Gasteiger charge is -2.28. The van der Waals surface area contributed by atoms with E-state index in [0.29, 0.717) is 0 Å². The van der Waals surface area contributed by atoms with Gasteiger partial charge in [-0.2, -0.15) is 20.5 Å². The summed E-state index contributed by atoms with van der Waals surface area (Å²) in [4.78, 5) is 2.44. The molecule has 3 aromatic carbocycles. The lowest BCUT2D eigenvalue weighted by atomic mass is 10.1. The predicted molar refractivity (Wildman–Crippen MR) is 134 cm³/mol. The molecule has 1 aliphatic heterocycles. The molecule has 170 valence electrons. The van der Waals surface area contributed by atoms with Gasteiger partial charge in [0.25, 0.3) is 0 Å².